The molecule has 26 heavy (non-hydrogen) atoms. The summed E-state index contributed by atoms with van der Waals surface area (Å²) >= 11 is 0. The second kappa shape index (κ2) is 8.99. The van der Waals surface area contributed by atoms with Gasteiger partial charge in [-0.15, -0.1) is 0 Å². The van der Waals surface area contributed by atoms with E-state index in [0.717, 1.165) is 42.5 Å². The Morgan fingerprint density at radius 1 is 1.04 bits per heavy atom. The zero-order chi connectivity index (χ0) is 18.4. The number of hydrogen-bond donors (Lipinski definition) is 1. The van der Waals surface area contributed by atoms with Gasteiger partial charge in [-0.2, -0.15) is 0 Å². The molecule has 0 bridgehead atoms. The van der Waals surface area contributed by atoms with Crippen molar-refractivity contribution in [3.63, 3.8) is 0 Å². The lowest BCUT2D eigenvalue weighted by Crippen LogP contribution is -2.29. The van der Waals surface area contributed by atoms with Gasteiger partial charge in [0.2, 0.25) is 0 Å². The van der Waals surface area contributed by atoms with Crippen LogP contribution >= 0.6 is 0 Å². The molecule has 0 saturated carbocycles. The van der Waals surface area contributed by atoms with Crippen LogP contribution in [0.2, 0.25) is 0 Å². The SMILES string of the molecule is CCCCN(CCCC)CCCn1cnc2c([nH]c3ccccc32)c1=O. The fourth-order valence-corrected chi connectivity index (χ4v) is 3.46. The Balaban J connectivity index is 1.69. The molecule has 5 nitrogen and oxygen atoms in total. The first-order chi connectivity index (χ1) is 12.7. The number of nitrogens with one attached hydrogen (secondary N) is 1. The van der Waals surface area contributed by atoms with Crippen LogP contribution in [0.3, 0.4) is 0 Å². The Hall–Kier alpha value is -2.14. The molecule has 0 aliphatic carbocycles. The van der Waals surface area contributed by atoms with Gasteiger partial charge in [0.15, 0.2) is 0 Å². The standard InChI is InChI=1S/C21H30N4O/c1-3-5-12-24(13-6-4-2)14-9-15-25-16-22-19-17-10-7-8-11-18(17)23-20(19)21(25)26/h7-8,10-11,16,23H,3-6,9,12-15H2,1-2H3. The number of rotatable bonds is 10. The summed E-state index contributed by atoms with van der Waals surface area (Å²) in [6, 6.07) is 7.94. The van der Waals surface area contributed by atoms with Crippen molar-refractivity contribution in [2.24, 2.45) is 0 Å². The molecule has 3 aromatic rings. The highest BCUT2D eigenvalue weighted by Crippen LogP contribution is 2.20. The minimum absolute atomic E-state index is 0.0277. The van der Waals surface area contributed by atoms with Crippen molar-refractivity contribution in [1.29, 1.82) is 0 Å². The van der Waals surface area contributed by atoms with Crippen molar-refractivity contribution in [3.8, 4) is 0 Å². The molecule has 0 aliphatic heterocycles. The fraction of sp³-hybridized carbons (Fsp3) is 0.524. The Kier molecular flexibility index (Phi) is 6.45. The predicted molar refractivity (Wildman–Crippen MR) is 109 cm³/mol. The fourth-order valence-electron chi connectivity index (χ4n) is 3.46. The highest BCUT2D eigenvalue weighted by molar-refractivity contribution is 6.04. The molecule has 0 unspecified atom stereocenters. The number of H-pyrrole nitrogens is 1. The van der Waals surface area contributed by atoms with E-state index in [1.807, 2.05) is 24.3 Å². The Labute approximate surface area is 155 Å². The molecule has 140 valence electrons. The molecular formula is C21H30N4O. The van der Waals surface area contributed by atoms with E-state index in [4.69, 9.17) is 0 Å². The monoisotopic (exact) mass is 354 g/mol. The lowest BCUT2D eigenvalue weighted by molar-refractivity contribution is 0.257. The highest BCUT2D eigenvalue weighted by Gasteiger charge is 2.11. The molecule has 2 aromatic heterocycles. The number of aromatic nitrogens is 3. The van der Waals surface area contributed by atoms with Gasteiger partial charge < -0.3 is 9.88 Å². The number of aromatic amines is 1. The molecule has 0 aliphatic rings. The summed E-state index contributed by atoms with van der Waals surface area (Å²) in [5.41, 5.74) is 2.38. The number of hydrogen-bond acceptors (Lipinski definition) is 3. The first kappa shape index (κ1) is 18.6. The van der Waals surface area contributed by atoms with Gasteiger partial charge in [-0.05, 0) is 45.0 Å². The summed E-state index contributed by atoms with van der Waals surface area (Å²) in [4.78, 5) is 23.1. The van der Waals surface area contributed by atoms with Crippen molar-refractivity contribution in [2.75, 3.05) is 19.6 Å². The van der Waals surface area contributed by atoms with Crippen LogP contribution in [-0.4, -0.2) is 39.1 Å². The summed E-state index contributed by atoms with van der Waals surface area (Å²) in [6.45, 7) is 8.54. The molecule has 0 saturated heterocycles. The van der Waals surface area contributed by atoms with E-state index in [2.05, 4.69) is 28.7 Å². The Bertz CT molecular complexity index is 888. The van der Waals surface area contributed by atoms with Crippen LogP contribution in [0.15, 0.2) is 35.4 Å². The average Bonchev–Trinajstić information content (AvgIpc) is 3.05. The molecule has 0 radical (unpaired) electrons. The third-order valence-corrected chi connectivity index (χ3v) is 5.01. The van der Waals surface area contributed by atoms with E-state index in [1.165, 1.54) is 25.7 Å². The van der Waals surface area contributed by atoms with Gasteiger partial charge in [-0.25, -0.2) is 4.98 Å². The minimum atomic E-state index is 0.0277. The second-order valence-electron chi connectivity index (χ2n) is 7.04. The Morgan fingerprint density at radius 3 is 2.46 bits per heavy atom. The van der Waals surface area contributed by atoms with Gasteiger partial charge >= 0.3 is 0 Å². The average molecular weight is 354 g/mol. The quantitative estimate of drug-likeness (QED) is 0.594. The molecule has 0 amide bonds. The number of benzene rings is 1. The number of fused-ring (bicyclic) bond motifs is 3. The minimum Gasteiger partial charge on any atom is -0.349 e. The van der Waals surface area contributed by atoms with E-state index in [1.54, 1.807) is 10.9 Å². The van der Waals surface area contributed by atoms with Gasteiger partial charge in [0.1, 0.15) is 11.0 Å². The van der Waals surface area contributed by atoms with Crippen LogP contribution in [0, 0.1) is 0 Å². The van der Waals surface area contributed by atoms with Gasteiger partial charge in [-0.3, -0.25) is 9.36 Å². The smallest absolute Gasteiger partial charge is 0.277 e. The van der Waals surface area contributed by atoms with Crippen molar-refractivity contribution >= 4 is 21.9 Å². The zero-order valence-corrected chi connectivity index (χ0v) is 16.0. The van der Waals surface area contributed by atoms with Crippen molar-refractivity contribution in [1.82, 2.24) is 19.4 Å². The molecule has 1 N–H and O–H groups in total. The summed E-state index contributed by atoms with van der Waals surface area (Å²) in [5.74, 6) is 0. The molecule has 3 rings (SSSR count). The van der Waals surface area contributed by atoms with Crippen LogP contribution in [0.25, 0.3) is 21.9 Å². The molecule has 0 spiro atoms. The van der Waals surface area contributed by atoms with Crippen molar-refractivity contribution in [2.45, 2.75) is 52.5 Å². The maximum absolute atomic E-state index is 12.8. The van der Waals surface area contributed by atoms with E-state index in [0.29, 0.717) is 12.1 Å². The van der Waals surface area contributed by atoms with Crippen LogP contribution in [0.1, 0.15) is 46.0 Å². The lowest BCUT2D eigenvalue weighted by atomic mass is 10.2. The predicted octanol–water partition coefficient (Wildman–Crippen LogP) is 4.17. The van der Waals surface area contributed by atoms with Gasteiger partial charge in [0, 0.05) is 17.4 Å². The van der Waals surface area contributed by atoms with Gasteiger partial charge in [0.05, 0.1) is 6.33 Å². The van der Waals surface area contributed by atoms with Crippen LogP contribution in [-0.2, 0) is 6.54 Å². The largest absolute Gasteiger partial charge is 0.349 e. The normalized spacial score (nSPS) is 11.8. The van der Waals surface area contributed by atoms with Crippen molar-refractivity contribution < 1.29 is 0 Å². The number of nitrogens with zero attached hydrogens (tertiary/aromatic N) is 3. The number of aryl methyl sites for hydroxylation is 1. The highest BCUT2D eigenvalue weighted by atomic mass is 16.1. The van der Waals surface area contributed by atoms with Crippen LogP contribution in [0.4, 0.5) is 0 Å². The van der Waals surface area contributed by atoms with E-state index < -0.39 is 0 Å². The summed E-state index contributed by atoms with van der Waals surface area (Å²) < 4.78 is 1.75. The first-order valence-electron chi connectivity index (χ1n) is 9.92. The number of unbranched alkanes of at least 4 members (excludes halogenated alkanes) is 2. The van der Waals surface area contributed by atoms with Crippen molar-refractivity contribution in [3.05, 3.63) is 40.9 Å². The molecule has 1 aromatic carbocycles. The van der Waals surface area contributed by atoms with E-state index >= 15 is 0 Å². The van der Waals surface area contributed by atoms with Crippen LogP contribution < -0.4 is 5.56 Å². The third kappa shape index (κ3) is 4.15. The number of para-hydroxylation sites is 1. The van der Waals surface area contributed by atoms with Gasteiger partial charge in [-0.1, -0.05) is 44.9 Å². The Morgan fingerprint density at radius 2 is 1.73 bits per heavy atom. The maximum atomic E-state index is 12.8. The third-order valence-electron chi connectivity index (χ3n) is 5.01. The summed E-state index contributed by atoms with van der Waals surface area (Å²) in [5, 5.41) is 1.01. The summed E-state index contributed by atoms with van der Waals surface area (Å²) in [7, 11) is 0. The lowest BCUT2D eigenvalue weighted by Gasteiger charge is -2.22. The zero-order valence-electron chi connectivity index (χ0n) is 16.0. The van der Waals surface area contributed by atoms with Gasteiger partial charge in [0.25, 0.3) is 5.56 Å². The van der Waals surface area contributed by atoms with E-state index in [-0.39, 0.29) is 5.56 Å². The summed E-state index contributed by atoms with van der Waals surface area (Å²) in [6.07, 6.45) is 7.61. The molecule has 0 atom stereocenters. The first-order valence-corrected chi connectivity index (χ1v) is 9.92. The topological polar surface area (TPSA) is 53.9 Å². The second-order valence-corrected chi connectivity index (χ2v) is 7.04. The maximum Gasteiger partial charge on any atom is 0.277 e. The van der Waals surface area contributed by atoms with Crippen LogP contribution in [0.5, 0.6) is 0 Å². The molecular weight excluding hydrogens is 324 g/mol. The molecule has 2 heterocycles. The molecule has 5 heteroatoms. The van der Waals surface area contributed by atoms with E-state index in [9.17, 15) is 4.79 Å². The molecule has 0 fully saturated rings.